The first-order valence-corrected chi connectivity index (χ1v) is 7.79. The van der Waals surface area contributed by atoms with Gasteiger partial charge in [0.2, 0.25) is 0 Å². The minimum absolute atomic E-state index is 0.665. The third-order valence-electron chi connectivity index (χ3n) is 2.70. The van der Waals surface area contributed by atoms with E-state index in [9.17, 15) is 0 Å². The van der Waals surface area contributed by atoms with Crippen LogP contribution in [0.1, 0.15) is 6.42 Å². The topological polar surface area (TPSA) is 30.5 Å². The Bertz CT molecular complexity index is 436. The Morgan fingerprint density at radius 2 is 1.85 bits per heavy atom. The first-order valence-electron chi connectivity index (χ1n) is 6.53. The molecule has 20 heavy (non-hydrogen) atoms. The fraction of sp³-hybridized carbons (Fsp3) is 0.429. The van der Waals surface area contributed by atoms with Crippen LogP contribution in [0, 0.1) is 0 Å². The molecule has 1 aromatic carbocycles. The summed E-state index contributed by atoms with van der Waals surface area (Å²) < 4.78 is 1.13. The van der Waals surface area contributed by atoms with E-state index in [1.54, 1.807) is 0 Å². The van der Waals surface area contributed by atoms with E-state index in [1.807, 2.05) is 44.4 Å². The van der Waals surface area contributed by atoms with E-state index in [4.69, 9.17) is 12.2 Å². The number of rotatable bonds is 7. The molecule has 1 rings (SSSR count). The summed E-state index contributed by atoms with van der Waals surface area (Å²) in [5.74, 6) is 0. The van der Waals surface area contributed by atoms with E-state index in [1.165, 1.54) is 0 Å². The van der Waals surface area contributed by atoms with Crippen LogP contribution in [-0.2, 0) is 0 Å². The molecule has 0 atom stereocenters. The van der Waals surface area contributed by atoms with Gasteiger partial charge in [0.15, 0.2) is 0 Å². The van der Waals surface area contributed by atoms with Gasteiger partial charge in [0, 0.05) is 0 Å². The van der Waals surface area contributed by atoms with Gasteiger partial charge in [-0.2, -0.15) is 0 Å². The molecule has 0 aliphatic heterocycles. The van der Waals surface area contributed by atoms with Crippen LogP contribution in [-0.4, -0.2) is 69.4 Å². The molecule has 4 nitrogen and oxygen atoms in total. The fourth-order valence-corrected chi connectivity index (χ4v) is 2.06. The van der Waals surface area contributed by atoms with Crippen LogP contribution in [0.2, 0.25) is 0 Å². The average molecular weight is 357 g/mol. The fourth-order valence-electron chi connectivity index (χ4n) is 1.65. The van der Waals surface area contributed by atoms with Gasteiger partial charge in [-0.25, -0.2) is 0 Å². The predicted molar refractivity (Wildman–Crippen MR) is 92.4 cm³/mol. The van der Waals surface area contributed by atoms with Crippen LogP contribution in [0.25, 0.3) is 0 Å². The van der Waals surface area contributed by atoms with Crippen LogP contribution >= 0.6 is 12.2 Å². The van der Waals surface area contributed by atoms with Crippen LogP contribution in [0.15, 0.2) is 30.3 Å². The summed E-state index contributed by atoms with van der Waals surface area (Å²) in [4.78, 5) is 4.25. The van der Waals surface area contributed by atoms with Crippen LogP contribution in [0.3, 0.4) is 0 Å². The standard InChI is InChI=1S/C14H22N4SSe/c1-17(2)14(20)18(3)11-7-10-15-13(19)16-12-8-5-4-6-9-12/h4-6,8-9H,7,10-11H2,1-3H3,(H2,15,16,19). The minimum atomic E-state index is 0.665. The number of nitrogens with one attached hydrogen (secondary N) is 2. The maximum absolute atomic E-state index is 5.25. The van der Waals surface area contributed by atoms with Crippen molar-refractivity contribution in [3.63, 3.8) is 0 Å². The molecule has 2 N–H and O–H groups in total. The van der Waals surface area contributed by atoms with Gasteiger partial charge >= 0.3 is 135 Å². The molecule has 1 aromatic rings. The number of benzene rings is 1. The Hall–Kier alpha value is -1.10. The van der Waals surface area contributed by atoms with E-state index >= 15 is 0 Å². The van der Waals surface area contributed by atoms with E-state index < -0.39 is 0 Å². The van der Waals surface area contributed by atoms with E-state index in [-0.39, 0.29) is 0 Å². The van der Waals surface area contributed by atoms with Crippen LogP contribution in [0.5, 0.6) is 0 Å². The number of para-hydroxylation sites is 1. The van der Waals surface area contributed by atoms with Crippen molar-refractivity contribution in [2.24, 2.45) is 0 Å². The summed E-state index contributed by atoms with van der Waals surface area (Å²) in [6, 6.07) is 9.94. The van der Waals surface area contributed by atoms with Crippen molar-refractivity contribution in [2.75, 3.05) is 39.5 Å². The number of nitrogens with zero attached hydrogens (tertiary/aromatic N) is 2. The Balaban J connectivity index is 2.18. The number of thiocarbonyl (C=S) groups is 1. The molecule has 110 valence electrons. The first-order chi connectivity index (χ1) is 9.50. The molecule has 0 fully saturated rings. The van der Waals surface area contributed by atoms with Gasteiger partial charge in [0.05, 0.1) is 0 Å². The summed E-state index contributed by atoms with van der Waals surface area (Å²) in [6.45, 7) is 1.82. The molecule has 0 aliphatic carbocycles. The van der Waals surface area contributed by atoms with Crippen molar-refractivity contribution < 1.29 is 0 Å². The number of anilines is 1. The molecular weight excluding hydrogens is 335 g/mol. The van der Waals surface area contributed by atoms with E-state index in [0.717, 1.165) is 29.9 Å². The summed E-state index contributed by atoms with van der Waals surface area (Å²) in [6.07, 6.45) is 1.02. The van der Waals surface area contributed by atoms with Gasteiger partial charge in [-0.05, 0) is 0 Å². The first kappa shape index (κ1) is 17.0. The summed E-state index contributed by atoms with van der Waals surface area (Å²) in [5.41, 5.74) is 1.01. The van der Waals surface area contributed by atoms with Crippen LogP contribution < -0.4 is 10.6 Å². The Morgan fingerprint density at radius 1 is 1.20 bits per heavy atom. The predicted octanol–water partition coefficient (Wildman–Crippen LogP) is 1.11. The molecule has 6 heteroatoms. The maximum atomic E-state index is 5.25. The average Bonchev–Trinajstić information content (AvgIpc) is 2.43. The summed E-state index contributed by atoms with van der Waals surface area (Å²) in [5, 5.41) is 7.04. The third kappa shape index (κ3) is 6.37. The van der Waals surface area contributed by atoms with Gasteiger partial charge in [0.25, 0.3) is 0 Å². The zero-order chi connectivity index (χ0) is 15.0. The summed E-state index contributed by atoms with van der Waals surface area (Å²) in [7, 11) is 6.13. The number of hydrogen-bond acceptors (Lipinski definition) is 3. The second-order valence-corrected chi connectivity index (χ2v) is 5.87. The Kier molecular flexibility index (Phi) is 7.59. The molecular formula is C14H22N4SSe. The molecule has 0 aromatic heterocycles. The molecule has 0 heterocycles. The van der Waals surface area contributed by atoms with Crippen molar-refractivity contribution in [3.05, 3.63) is 30.3 Å². The van der Waals surface area contributed by atoms with Crippen molar-refractivity contribution in [1.29, 1.82) is 0 Å². The zero-order valence-electron chi connectivity index (χ0n) is 12.2. The quantitative estimate of drug-likeness (QED) is 0.434. The molecule has 0 amide bonds. The SMILES string of the molecule is CN(C)C(=[Se])N(C)CCCNC(=S)Nc1ccccc1. The molecule has 0 saturated heterocycles. The van der Waals surface area contributed by atoms with Gasteiger partial charge in [-0.1, -0.05) is 0 Å². The van der Waals surface area contributed by atoms with Crippen LogP contribution in [0.4, 0.5) is 5.69 Å². The molecule has 0 saturated carbocycles. The second kappa shape index (κ2) is 8.95. The molecule has 0 spiro atoms. The molecule has 0 radical (unpaired) electrons. The van der Waals surface area contributed by atoms with Crippen molar-refractivity contribution in [3.8, 4) is 0 Å². The van der Waals surface area contributed by atoms with Gasteiger partial charge in [-0.3, -0.25) is 0 Å². The molecule has 0 unspecified atom stereocenters. The van der Waals surface area contributed by atoms with Gasteiger partial charge in [0.1, 0.15) is 0 Å². The third-order valence-corrected chi connectivity index (χ3v) is 4.36. The van der Waals surface area contributed by atoms with Crippen molar-refractivity contribution in [1.82, 2.24) is 15.1 Å². The van der Waals surface area contributed by atoms with E-state index in [2.05, 4.69) is 43.1 Å². The summed E-state index contributed by atoms with van der Waals surface area (Å²) >= 11 is 8.32. The van der Waals surface area contributed by atoms with E-state index in [0.29, 0.717) is 5.11 Å². The van der Waals surface area contributed by atoms with Gasteiger partial charge in [-0.15, -0.1) is 0 Å². The molecule has 0 aliphatic rings. The Morgan fingerprint density at radius 3 is 2.45 bits per heavy atom. The monoisotopic (exact) mass is 358 g/mol. The Labute approximate surface area is 134 Å². The second-order valence-electron chi connectivity index (χ2n) is 4.70. The van der Waals surface area contributed by atoms with Crippen molar-refractivity contribution in [2.45, 2.75) is 6.42 Å². The number of hydrogen-bond donors (Lipinski definition) is 2. The van der Waals surface area contributed by atoms with Gasteiger partial charge < -0.3 is 0 Å². The zero-order valence-corrected chi connectivity index (χ0v) is 14.7. The van der Waals surface area contributed by atoms with Crippen molar-refractivity contribution >= 4 is 43.3 Å². The molecule has 0 bridgehead atoms. The normalized spacial score (nSPS) is 9.75.